The highest BCUT2D eigenvalue weighted by molar-refractivity contribution is 9.10. The van der Waals surface area contributed by atoms with Gasteiger partial charge in [-0.25, -0.2) is 0 Å². The molecule has 25 heavy (non-hydrogen) atoms. The van der Waals surface area contributed by atoms with E-state index in [1.165, 1.54) is 11.4 Å². The first-order valence-electron chi connectivity index (χ1n) is 8.30. The normalized spacial score (nSPS) is 11.2. The molecule has 0 spiro atoms. The third kappa shape index (κ3) is 4.02. The second-order valence-corrected chi connectivity index (χ2v) is 6.74. The van der Waals surface area contributed by atoms with Crippen LogP contribution in [0.1, 0.15) is 23.9 Å². The largest absolute Gasteiger partial charge is 0.494 e. The summed E-state index contributed by atoms with van der Waals surface area (Å²) < 4.78 is 8.79. The van der Waals surface area contributed by atoms with Gasteiger partial charge in [0.1, 0.15) is 5.75 Å². The fraction of sp³-hybridized carbons (Fsp3) is 0.190. The summed E-state index contributed by atoms with van der Waals surface area (Å²) in [6, 6.07) is 18.3. The van der Waals surface area contributed by atoms with Gasteiger partial charge in [-0.1, -0.05) is 22.0 Å². The molecule has 3 aromatic rings. The maximum atomic E-state index is 5.53. The summed E-state index contributed by atoms with van der Waals surface area (Å²) in [5.41, 5.74) is 5.52. The monoisotopic (exact) mass is 396 g/mol. The molecule has 0 amide bonds. The predicted octanol–water partition coefficient (Wildman–Crippen LogP) is 6.01. The number of hydrogen-bond acceptors (Lipinski definition) is 2. The zero-order valence-electron chi connectivity index (χ0n) is 14.7. The van der Waals surface area contributed by atoms with Crippen LogP contribution in [0.5, 0.6) is 5.75 Å². The summed E-state index contributed by atoms with van der Waals surface area (Å²) in [6.45, 7) is 6.90. The summed E-state index contributed by atoms with van der Waals surface area (Å²) >= 11 is 3.48. The fourth-order valence-corrected chi connectivity index (χ4v) is 3.26. The van der Waals surface area contributed by atoms with Crippen molar-refractivity contribution in [2.24, 2.45) is 4.99 Å². The maximum Gasteiger partial charge on any atom is 0.119 e. The van der Waals surface area contributed by atoms with Gasteiger partial charge in [-0.05, 0) is 69.3 Å². The van der Waals surface area contributed by atoms with E-state index in [2.05, 4.69) is 57.5 Å². The first-order valence-corrected chi connectivity index (χ1v) is 9.09. The lowest BCUT2D eigenvalue weighted by Crippen LogP contribution is -2.00. The van der Waals surface area contributed by atoms with Crippen LogP contribution in [-0.2, 0) is 0 Å². The molecular weight excluding hydrogens is 376 g/mol. The number of halogens is 1. The van der Waals surface area contributed by atoms with Gasteiger partial charge in [0.2, 0.25) is 0 Å². The number of ether oxygens (including phenoxy) is 1. The Hall–Kier alpha value is -2.33. The average Bonchev–Trinajstić information content (AvgIpc) is 2.88. The van der Waals surface area contributed by atoms with Crippen molar-refractivity contribution in [2.45, 2.75) is 20.8 Å². The highest BCUT2D eigenvalue weighted by atomic mass is 79.9. The first-order chi connectivity index (χ1) is 12.1. The van der Waals surface area contributed by atoms with Gasteiger partial charge in [0, 0.05) is 33.3 Å². The number of rotatable bonds is 5. The van der Waals surface area contributed by atoms with E-state index in [1.807, 2.05) is 49.5 Å². The van der Waals surface area contributed by atoms with Crippen LogP contribution in [0.4, 0.5) is 5.69 Å². The molecule has 0 saturated carbocycles. The summed E-state index contributed by atoms with van der Waals surface area (Å²) in [4.78, 5) is 4.60. The molecule has 0 bridgehead atoms. The predicted molar refractivity (Wildman–Crippen MR) is 108 cm³/mol. The molecule has 0 radical (unpaired) electrons. The van der Waals surface area contributed by atoms with Crippen LogP contribution in [0.25, 0.3) is 5.69 Å². The zero-order chi connectivity index (χ0) is 17.8. The molecule has 0 unspecified atom stereocenters. The lowest BCUT2D eigenvalue weighted by Gasteiger charge is -2.10. The van der Waals surface area contributed by atoms with Crippen molar-refractivity contribution in [3.05, 3.63) is 76.0 Å². The molecule has 0 aliphatic rings. The molecule has 4 heteroatoms. The van der Waals surface area contributed by atoms with E-state index >= 15 is 0 Å². The van der Waals surface area contributed by atoms with Gasteiger partial charge < -0.3 is 9.30 Å². The van der Waals surface area contributed by atoms with Crippen molar-refractivity contribution >= 4 is 27.8 Å². The number of aromatic nitrogens is 1. The number of nitrogens with zero attached hydrogens (tertiary/aromatic N) is 2. The third-order valence-corrected chi connectivity index (χ3v) is 4.53. The summed E-state index contributed by atoms with van der Waals surface area (Å²) in [6.07, 6.45) is 1.93. The minimum atomic E-state index is 0.678. The quantitative estimate of drug-likeness (QED) is 0.485. The van der Waals surface area contributed by atoms with E-state index in [4.69, 9.17) is 4.74 Å². The Morgan fingerprint density at radius 2 is 1.84 bits per heavy atom. The van der Waals surface area contributed by atoms with Crippen LogP contribution in [0.15, 0.2) is 64.1 Å². The van der Waals surface area contributed by atoms with Crippen molar-refractivity contribution in [1.29, 1.82) is 0 Å². The summed E-state index contributed by atoms with van der Waals surface area (Å²) in [5, 5.41) is 0. The Kier molecular flexibility index (Phi) is 5.39. The van der Waals surface area contributed by atoms with Crippen molar-refractivity contribution in [3.8, 4) is 11.4 Å². The number of hydrogen-bond donors (Lipinski definition) is 0. The minimum Gasteiger partial charge on any atom is -0.494 e. The highest BCUT2D eigenvalue weighted by Crippen LogP contribution is 2.23. The number of aliphatic imine (C=N–C) groups is 1. The molecule has 1 aromatic heterocycles. The van der Waals surface area contributed by atoms with Crippen LogP contribution in [0.2, 0.25) is 0 Å². The zero-order valence-corrected chi connectivity index (χ0v) is 16.2. The van der Waals surface area contributed by atoms with E-state index in [1.54, 1.807) is 0 Å². The molecule has 1 heterocycles. The number of aryl methyl sites for hydroxylation is 1. The van der Waals surface area contributed by atoms with Gasteiger partial charge >= 0.3 is 0 Å². The average molecular weight is 397 g/mol. The lowest BCUT2D eigenvalue weighted by molar-refractivity contribution is 0.340. The highest BCUT2D eigenvalue weighted by Gasteiger charge is 2.09. The van der Waals surface area contributed by atoms with Crippen molar-refractivity contribution in [2.75, 3.05) is 6.61 Å². The minimum absolute atomic E-state index is 0.678. The smallest absolute Gasteiger partial charge is 0.119 e. The molecule has 2 aromatic carbocycles. The second kappa shape index (κ2) is 7.70. The first kappa shape index (κ1) is 17.5. The Labute approximate surface area is 157 Å². The molecule has 3 rings (SSSR count). The Bertz CT molecular complexity index is 895. The molecule has 3 nitrogen and oxygen atoms in total. The van der Waals surface area contributed by atoms with Gasteiger partial charge in [-0.2, -0.15) is 0 Å². The molecule has 0 fully saturated rings. The van der Waals surface area contributed by atoms with Crippen molar-refractivity contribution in [1.82, 2.24) is 4.57 Å². The molecule has 128 valence electrons. The fourth-order valence-electron chi connectivity index (χ4n) is 2.87. The summed E-state index contributed by atoms with van der Waals surface area (Å²) in [7, 11) is 0. The number of benzene rings is 2. The molecular formula is C21H21BrN2O. The molecule has 0 N–H and O–H groups in total. The topological polar surface area (TPSA) is 26.5 Å². The van der Waals surface area contributed by atoms with Crippen LogP contribution in [0, 0.1) is 13.8 Å². The van der Waals surface area contributed by atoms with E-state index in [0.29, 0.717) is 6.61 Å². The third-order valence-electron chi connectivity index (χ3n) is 4.04. The van der Waals surface area contributed by atoms with E-state index in [9.17, 15) is 0 Å². The summed E-state index contributed by atoms with van der Waals surface area (Å²) in [5.74, 6) is 0.894. The second-order valence-electron chi connectivity index (χ2n) is 5.83. The van der Waals surface area contributed by atoms with Crippen LogP contribution in [-0.4, -0.2) is 17.4 Å². The van der Waals surface area contributed by atoms with Crippen LogP contribution >= 0.6 is 15.9 Å². The van der Waals surface area contributed by atoms with Gasteiger partial charge in [0.05, 0.1) is 12.3 Å². The lowest BCUT2D eigenvalue weighted by atomic mass is 10.2. The van der Waals surface area contributed by atoms with Gasteiger partial charge in [0.25, 0.3) is 0 Å². The van der Waals surface area contributed by atoms with E-state index in [-0.39, 0.29) is 0 Å². The molecule has 0 atom stereocenters. The van der Waals surface area contributed by atoms with Crippen LogP contribution in [0.3, 0.4) is 0 Å². The van der Waals surface area contributed by atoms with E-state index in [0.717, 1.165) is 27.2 Å². The van der Waals surface area contributed by atoms with Crippen molar-refractivity contribution in [3.63, 3.8) is 0 Å². The molecule has 0 aliphatic carbocycles. The van der Waals surface area contributed by atoms with E-state index < -0.39 is 0 Å². The van der Waals surface area contributed by atoms with Gasteiger partial charge in [0.15, 0.2) is 0 Å². The van der Waals surface area contributed by atoms with Crippen LogP contribution < -0.4 is 4.74 Å². The van der Waals surface area contributed by atoms with Crippen molar-refractivity contribution < 1.29 is 4.74 Å². The molecule has 0 saturated heterocycles. The Morgan fingerprint density at radius 3 is 2.52 bits per heavy atom. The SMILES string of the molecule is CCOc1ccc(-n2c(C)cc(C=Nc3cccc(Br)c3)c2C)cc1. The standard InChI is InChI=1S/C21H21BrN2O/c1-4-25-21-10-8-20(9-11-21)24-15(2)12-17(16(24)3)14-23-19-7-5-6-18(22)13-19/h5-14H,4H2,1-3H3. The maximum absolute atomic E-state index is 5.53. The Morgan fingerprint density at radius 1 is 1.08 bits per heavy atom. The van der Waals surface area contributed by atoms with Gasteiger partial charge in [-0.15, -0.1) is 0 Å². The van der Waals surface area contributed by atoms with Gasteiger partial charge in [-0.3, -0.25) is 4.99 Å². The molecule has 0 aliphatic heterocycles. The Balaban J connectivity index is 1.90.